The van der Waals surface area contributed by atoms with Crippen LogP contribution in [-0.4, -0.2) is 39.5 Å². The molecule has 172 valence electrons. The summed E-state index contributed by atoms with van der Waals surface area (Å²) in [4.78, 5) is 25.8. The maximum absolute atomic E-state index is 12.7. The van der Waals surface area contributed by atoms with Gasteiger partial charge in [0, 0.05) is 10.6 Å². The summed E-state index contributed by atoms with van der Waals surface area (Å²) in [6, 6.07) is 26.7. The molecule has 7 nitrogen and oxygen atoms in total. The first-order valence-corrected chi connectivity index (χ1v) is 12.4. The summed E-state index contributed by atoms with van der Waals surface area (Å²) in [7, 11) is 1.31. The molecule has 0 aliphatic carbocycles. The third-order valence-corrected chi connectivity index (χ3v) is 6.70. The van der Waals surface area contributed by atoms with Crippen molar-refractivity contribution < 1.29 is 14.3 Å². The fraction of sp³-hybridized carbons (Fsp3) is 0.120. The molecule has 0 saturated heterocycles. The van der Waals surface area contributed by atoms with Crippen LogP contribution in [0.25, 0.3) is 5.69 Å². The highest BCUT2D eigenvalue weighted by atomic mass is 32.2. The SMILES string of the molecule is COC(=O)c1ccccc1NC(=O)CSc1nnc(CSc2ccccc2)n1-c1ccccc1. The number of anilines is 1. The maximum atomic E-state index is 12.7. The number of benzene rings is 3. The quantitative estimate of drug-likeness (QED) is 0.259. The number of hydrogen-bond donors (Lipinski definition) is 1. The minimum atomic E-state index is -0.507. The van der Waals surface area contributed by atoms with Crippen molar-refractivity contribution in [3.63, 3.8) is 0 Å². The second-order valence-corrected chi connectivity index (χ2v) is 9.04. The van der Waals surface area contributed by atoms with Crippen LogP contribution in [0.2, 0.25) is 0 Å². The Balaban J connectivity index is 1.49. The number of rotatable bonds is 9. The van der Waals surface area contributed by atoms with Crippen LogP contribution < -0.4 is 5.32 Å². The minimum Gasteiger partial charge on any atom is -0.465 e. The molecule has 3 aromatic carbocycles. The first-order valence-electron chi connectivity index (χ1n) is 10.4. The first kappa shape index (κ1) is 23.6. The van der Waals surface area contributed by atoms with Gasteiger partial charge in [0.25, 0.3) is 0 Å². The molecular formula is C25H22N4O3S2. The van der Waals surface area contributed by atoms with Crippen molar-refractivity contribution >= 4 is 41.1 Å². The predicted molar refractivity (Wildman–Crippen MR) is 134 cm³/mol. The Hall–Kier alpha value is -3.56. The van der Waals surface area contributed by atoms with Crippen molar-refractivity contribution in [1.82, 2.24) is 14.8 Å². The number of aromatic nitrogens is 3. The molecule has 0 fully saturated rings. The van der Waals surface area contributed by atoms with Gasteiger partial charge in [-0.1, -0.05) is 60.3 Å². The van der Waals surface area contributed by atoms with Crippen LogP contribution >= 0.6 is 23.5 Å². The van der Waals surface area contributed by atoms with E-state index in [4.69, 9.17) is 4.74 Å². The molecule has 4 rings (SSSR count). The van der Waals surface area contributed by atoms with E-state index >= 15 is 0 Å². The fourth-order valence-corrected chi connectivity index (χ4v) is 4.79. The van der Waals surface area contributed by atoms with Crippen LogP contribution in [0, 0.1) is 0 Å². The molecule has 0 aliphatic heterocycles. The second kappa shape index (κ2) is 11.5. The van der Waals surface area contributed by atoms with Gasteiger partial charge >= 0.3 is 5.97 Å². The summed E-state index contributed by atoms with van der Waals surface area (Å²) in [5.41, 5.74) is 1.63. The monoisotopic (exact) mass is 490 g/mol. The molecule has 1 heterocycles. The molecule has 0 spiro atoms. The molecule has 1 N–H and O–H groups in total. The van der Waals surface area contributed by atoms with Gasteiger partial charge in [-0.3, -0.25) is 9.36 Å². The Morgan fingerprint density at radius 1 is 0.882 bits per heavy atom. The molecule has 4 aromatic rings. The molecule has 1 aromatic heterocycles. The normalized spacial score (nSPS) is 10.6. The summed E-state index contributed by atoms with van der Waals surface area (Å²) >= 11 is 2.96. The van der Waals surface area contributed by atoms with Gasteiger partial charge in [-0.25, -0.2) is 4.79 Å². The standard InChI is InChI=1S/C25H22N4O3S2/c1-32-24(31)20-14-8-9-15-21(20)26-23(30)17-34-25-28-27-22(16-33-19-12-6-3-7-13-19)29(25)18-10-4-2-5-11-18/h2-15H,16-17H2,1H3,(H,26,30). The van der Waals surface area contributed by atoms with Gasteiger partial charge in [-0.2, -0.15) is 0 Å². The van der Waals surface area contributed by atoms with Crippen LogP contribution in [0.3, 0.4) is 0 Å². The Bertz CT molecular complexity index is 1260. The largest absolute Gasteiger partial charge is 0.465 e. The number of esters is 1. The van der Waals surface area contributed by atoms with E-state index in [0.29, 0.717) is 22.2 Å². The van der Waals surface area contributed by atoms with Crippen LogP contribution in [0.15, 0.2) is 95.0 Å². The number of carbonyl (C=O) groups is 2. The predicted octanol–water partition coefficient (Wildman–Crippen LogP) is 5.08. The van der Waals surface area contributed by atoms with Gasteiger partial charge in [0.05, 0.1) is 29.9 Å². The van der Waals surface area contributed by atoms with Gasteiger partial charge in [-0.05, 0) is 36.4 Å². The van der Waals surface area contributed by atoms with Crippen molar-refractivity contribution in [1.29, 1.82) is 0 Å². The van der Waals surface area contributed by atoms with Crippen LogP contribution in [0.4, 0.5) is 5.69 Å². The zero-order chi connectivity index (χ0) is 23.8. The molecule has 34 heavy (non-hydrogen) atoms. The lowest BCUT2D eigenvalue weighted by Gasteiger charge is -2.11. The average Bonchev–Trinajstić information content (AvgIpc) is 3.30. The third-order valence-electron chi connectivity index (χ3n) is 4.76. The summed E-state index contributed by atoms with van der Waals surface area (Å²) in [6.07, 6.45) is 0. The zero-order valence-electron chi connectivity index (χ0n) is 18.4. The number of para-hydroxylation sites is 2. The third kappa shape index (κ3) is 5.86. The lowest BCUT2D eigenvalue weighted by molar-refractivity contribution is -0.113. The van der Waals surface area contributed by atoms with Crippen LogP contribution in [0.5, 0.6) is 0 Å². The highest BCUT2D eigenvalue weighted by molar-refractivity contribution is 7.99. The Kier molecular flexibility index (Phi) is 8.00. The molecule has 0 radical (unpaired) electrons. The average molecular weight is 491 g/mol. The number of methoxy groups -OCH3 is 1. The summed E-state index contributed by atoms with van der Waals surface area (Å²) in [6.45, 7) is 0. The summed E-state index contributed by atoms with van der Waals surface area (Å²) in [5.74, 6) is 0.758. The van der Waals surface area contributed by atoms with E-state index in [0.717, 1.165) is 16.4 Å². The Morgan fingerprint density at radius 2 is 1.56 bits per heavy atom. The lowest BCUT2D eigenvalue weighted by Crippen LogP contribution is -2.17. The highest BCUT2D eigenvalue weighted by Gasteiger charge is 2.18. The number of amides is 1. The maximum Gasteiger partial charge on any atom is 0.339 e. The second-order valence-electron chi connectivity index (χ2n) is 7.05. The van der Waals surface area contributed by atoms with Crippen LogP contribution in [0.1, 0.15) is 16.2 Å². The minimum absolute atomic E-state index is 0.103. The molecule has 0 saturated carbocycles. The number of hydrogen-bond acceptors (Lipinski definition) is 7. The van der Waals surface area contributed by atoms with Crippen molar-refractivity contribution in [3.8, 4) is 5.69 Å². The topological polar surface area (TPSA) is 86.1 Å². The first-order chi connectivity index (χ1) is 16.7. The molecule has 0 unspecified atom stereocenters. The van der Waals surface area contributed by atoms with Crippen molar-refractivity contribution in [2.24, 2.45) is 0 Å². The molecule has 1 amide bonds. The number of nitrogens with one attached hydrogen (secondary N) is 1. The molecule has 0 bridgehead atoms. The number of nitrogens with zero attached hydrogens (tertiary/aromatic N) is 3. The van der Waals surface area contributed by atoms with E-state index in [1.54, 1.807) is 36.0 Å². The molecule has 0 atom stereocenters. The molecule has 9 heteroatoms. The van der Waals surface area contributed by atoms with E-state index < -0.39 is 5.97 Å². The molecule has 0 aliphatic rings. The van der Waals surface area contributed by atoms with E-state index in [2.05, 4.69) is 27.6 Å². The van der Waals surface area contributed by atoms with Crippen molar-refractivity contribution in [2.45, 2.75) is 15.8 Å². The highest BCUT2D eigenvalue weighted by Crippen LogP contribution is 2.27. The van der Waals surface area contributed by atoms with Gasteiger partial charge in [0.2, 0.25) is 5.91 Å². The lowest BCUT2D eigenvalue weighted by atomic mass is 10.2. The molecular weight excluding hydrogens is 468 g/mol. The zero-order valence-corrected chi connectivity index (χ0v) is 20.0. The van der Waals surface area contributed by atoms with Crippen molar-refractivity contribution in [2.75, 3.05) is 18.2 Å². The van der Waals surface area contributed by atoms with E-state index in [1.165, 1.54) is 18.9 Å². The summed E-state index contributed by atoms with van der Waals surface area (Å²) < 4.78 is 6.76. The van der Waals surface area contributed by atoms with E-state index in [1.807, 2.05) is 53.1 Å². The smallest absolute Gasteiger partial charge is 0.339 e. The number of carbonyl (C=O) groups excluding carboxylic acids is 2. The summed E-state index contributed by atoms with van der Waals surface area (Å²) in [5, 5.41) is 12.2. The van der Waals surface area contributed by atoms with Gasteiger partial charge in [0.1, 0.15) is 5.82 Å². The van der Waals surface area contributed by atoms with Crippen LogP contribution in [-0.2, 0) is 15.3 Å². The van der Waals surface area contributed by atoms with Gasteiger partial charge in [0.15, 0.2) is 5.16 Å². The number of thioether (sulfide) groups is 2. The number of ether oxygens (including phenoxy) is 1. The van der Waals surface area contributed by atoms with E-state index in [9.17, 15) is 9.59 Å². The van der Waals surface area contributed by atoms with Gasteiger partial charge in [-0.15, -0.1) is 22.0 Å². The van der Waals surface area contributed by atoms with E-state index in [-0.39, 0.29) is 11.7 Å². The van der Waals surface area contributed by atoms with Gasteiger partial charge < -0.3 is 10.1 Å². The fourth-order valence-electron chi connectivity index (χ4n) is 3.18. The Morgan fingerprint density at radius 3 is 2.29 bits per heavy atom. The van der Waals surface area contributed by atoms with Crippen molar-refractivity contribution in [3.05, 3.63) is 96.3 Å². The Labute approximate surface area is 205 Å².